The highest BCUT2D eigenvalue weighted by Crippen LogP contribution is 2.59. The first-order valence-corrected chi connectivity index (χ1v) is 7.04. The lowest BCUT2D eigenvalue weighted by atomic mass is 9.48. The molecule has 0 aromatic rings. The molecule has 3 N–H and O–H groups in total. The van der Waals surface area contributed by atoms with E-state index in [9.17, 15) is 14.7 Å². The number of aliphatic hydroxyl groups is 1. The molecule has 4 aliphatic carbocycles. The van der Waals surface area contributed by atoms with Gasteiger partial charge in [-0.2, -0.15) is 0 Å². The van der Waals surface area contributed by atoms with E-state index in [1.165, 1.54) is 13.8 Å². The fraction of sp³-hybridized carbons (Fsp3) is 0.857. The van der Waals surface area contributed by atoms with Gasteiger partial charge in [0.2, 0.25) is 11.8 Å². The maximum atomic E-state index is 11.5. The van der Waals surface area contributed by atoms with Crippen LogP contribution in [0.1, 0.15) is 52.4 Å². The summed E-state index contributed by atoms with van der Waals surface area (Å²) >= 11 is 0. The lowest BCUT2D eigenvalue weighted by Gasteiger charge is -2.64. The molecule has 2 unspecified atom stereocenters. The molecule has 0 aromatic heterocycles. The maximum Gasteiger partial charge on any atom is 0.217 e. The van der Waals surface area contributed by atoms with E-state index in [0.717, 1.165) is 25.7 Å². The number of carbonyl (C=O) groups is 2. The number of hydrogen-bond acceptors (Lipinski definition) is 3. The van der Waals surface area contributed by atoms with E-state index in [4.69, 9.17) is 0 Å². The van der Waals surface area contributed by atoms with Gasteiger partial charge in [-0.05, 0) is 44.4 Å². The van der Waals surface area contributed by atoms with Crippen molar-refractivity contribution in [1.29, 1.82) is 0 Å². The second-order valence-corrected chi connectivity index (χ2v) is 7.16. The number of hydrogen-bond donors (Lipinski definition) is 3. The Balaban J connectivity index is 1.94. The Bertz CT molecular complexity index is 416. The molecule has 0 spiro atoms. The lowest BCUT2D eigenvalue weighted by Crippen LogP contribution is -2.74. The fourth-order valence-electron chi connectivity index (χ4n) is 5.41. The molecule has 4 fully saturated rings. The summed E-state index contributed by atoms with van der Waals surface area (Å²) in [6.07, 6.45) is 4.65. The molecule has 5 nitrogen and oxygen atoms in total. The topological polar surface area (TPSA) is 78.4 Å². The molecule has 4 bridgehead atoms. The van der Waals surface area contributed by atoms with Gasteiger partial charge < -0.3 is 15.7 Å². The van der Waals surface area contributed by atoms with Gasteiger partial charge in [-0.15, -0.1) is 0 Å². The summed E-state index contributed by atoms with van der Waals surface area (Å²) in [5.74, 6) is 0.284. The van der Waals surface area contributed by atoms with Crippen LogP contribution in [-0.2, 0) is 9.59 Å². The van der Waals surface area contributed by atoms with E-state index >= 15 is 0 Å². The zero-order valence-corrected chi connectivity index (χ0v) is 11.6. The van der Waals surface area contributed by atoms with Crippen LogP contribution < -0.4 is 10.6 Å². The number of amides is 2. The Kier molecular flexibility index (Phi) is 2.53. The van der Waals surface area contributed by atoms with E-state index in [0.29, 0.717) is 18.8 Å². The van der Waals surface area contributed by atoms with Crippen LogP contribution in [0.3, 0.4) is 0 Å². The minimum atomic E-state index is -0.732. The van der Waals surface area contributed by atoms with Crippen LogP contribution >= 0.6 is 0 Å². The average Bonchev–Trinajstić information content (AvgIpc) is 2.06. The Morgan fingerprint density at radius 3 is 1.79 bits per heavy atom. The molecule has 4 aliphatic rings. The van der Waals surface area contributed by atoms with Crippen molar-refractivity contribution in [3.8, 4) is 0 Å². The molecule has 5 heteroatoms. The van der Waals surface area contributed by atoms with Gasteiger partial charge in [0.05, 0.1) is 5.60 Å². The molecular weight excluding hydrogens is 244 g/mol. The summed E-state index contributed by atoms with van der Waals surface area (Å²) in [5, 5.41) is 16.9. The Morgan fingerprint density at radius 1 is 0.947 bits per heavy atom. The fourth-order valence-corrected chi connectivity index (χ4v) is 5.41. The Morgan fingerprint density at radius 2 is 1.42 bits per heavy atom. The number of nitrogens with one attached hydrogen (secondary N) is 2. The van der Waals surface area contributed by atoms with Crippen LogP contribution in [0.2, 0.25) is 0 Å². The van der Waals surface area contributed by atoms with E-state index in [1.54, 1.807) is 0 Å². The van der Waals surface area contributed by atoms with Crippen molar-refractivity contribution >= 4 is 11.8 Å². The highest BCUT2D eigenvalue weighted by atomic mass is 16.3. The van der Waals surface area contributed by atoms with Gasteiger partial charge in [0.1, 0.15) is 0 Å². The SMILES string of the molecule is CC(=O)NC12CC3CC(O)(C1)CC(NC(C)=O)(C3)C2. The molecule has 0 radical (unpaired) electrons. The second kappa shape index (κ2) is 3.72. The second-order valence-electron chi connectivity index (χ2n) is 7.16. The number of rotatable bonds is 2. The third kappa shape index (κ3) is 2.14. The molecule has 0 aromatic carbocycles. The van der Waals surface area contributed by atoms with Crippen LogP contribution in [0.4, 0.5) is 0 Å². The first kappa shape index (κ1) is 12.9. The highest BCUT2D eigenvalue weighted by molar-refractivity contribution is 5.75. The molecule has 0 saturated heterocycles. The highest BCUT2D eigenvalue weighted by Gasteiger charge is 2.63. The minimum absolute atomic E-state index is 0.0523. The van der Waals surface area contributed by atoms with Crippen LogP contribution in [0.15, 0.2) is 0 Å². The van der Waals surface area contributed by atoms with Crippen LogP contribution in [-0.4, -0.2) is 33.6 Å². The first-order chi connectivity index (χ1) is 8.74. The monoisotopic (exact) mass is 266 g/mol. The Hall–Kier alpha value is -1.10. The lowest BCUT2D eigenvalue weighted by molar-refractivity contribution is -0.165. The normalized spacial score (nSPS) is 47.0. The van der Waals surface area contributed by atoms with E-state index in [-0.39, 0.29) is 22.9 Å². The van der Waals surface area contributed by atoms with E-state index < -0.39 is 5.60 Å². The average molecular weight is 266 g/mol. The van der Waals surface area contributed by atoms with Gasteiger partial charge in [0.15, 0.2) is 0 Å². The third-order valence-electron chi connectivity index (χ3n) is 4.92. The van der Waals surface area contributed by atoms with Crippen LogP contribution in [0.25, 0.3) is 0 Å². The quantitative estimate of drug-likeness (QED) is 0.679. The molecule has 0 heterocycles. The standard InChI is InChI=1S/C14H22N2O3/c1-9(17)15-12-3-11-4-13(6-12,16-10(2)18)8-14(19,5-11)7-12/h11,19H,3-8H2,1-2H3,(H,15,17)(H,16,18). The Labute approximate surface area is 113 Å². The third-order valence-corrected chi connectivity index (χ3v) is 4.92. The summed E-state index contributed by atoms with van der Waals surface area (Å²) < 4.78 is 0. The number of carbonyl (C=O) groups excluding carboxylic acids is 2. The summed E-state index contributed by atoms with van der Waals surface area (Å²) in [6, 6.07) is 0. The molecule has 19 heavy (non-hydrogen) atoms. The van der Waals surface area contributed by atoms with Gasteiger partial charge in [-0.3, -0.25) is 9.59 Å². The van der Waals surface area contributed by atoms with Crippen molar-refractivity contribution in [1.82, 2.24) is 10.6 Å². The molecule has 106 valence electrons. The largest absolute Gasteiger partial charge is 0.390 e. The molecule has 0 aliphatic heterocycles. The van der Waals surface area contributed by atoms with Crippen LogP contribution in [0.5, 0.6) is 0 Å². The summed E-state index contributed by atoms with van der Waals surface area (Å²) in [6.45, 7) is 3.04. The van der Waals surface area contributed by atoms with Crippen molar-refractivity contribution in [3.63, 3.8) is 0 Å². The molecule has 4 saturated carbocycles. The molecule has 2 amide bonds. The summed E-state index contributed by atoms with van der Waals surface area (Å²) in [5.41, 5.74) is -1.39. The first-order valence-electron chi connectivity index (χ1n) is 7.04. The minimum Gasteiger partial charge on any atom is -0.390 e. The van der Waals surface area contributed by atoms with Gasteiger partial charge in [-0.25, -0.2) is 0 Å². The molecular formula is C14H22N2O3. The smallest absolute Gasteiger partial charge is 0.217 e. The van der Waals surface area contributed by atoms with Gasteiger partial charge in [0, 0.05) is 24.9 Å². The summed E-state index contributed by atoms with van der Waals surface area (Å²) in [7, 11) is 0. The van der Waals surface area contributed by atoms with E-state index in [1.807, 2.05) is 0 Å². The van der Waals surface area contributed by atoms with Crippen molar-refractivity contribution < 1.29 is 14.7 Å². The van der Waals surface area contributed by atoms with Crippen molar-refractivity contribution in [2.24, 2.45) is 5.92 Å². The zero-order chi connectivity index (χ0) is 13.9. The molecule has 4 rings (SSSR count). The van der Waals surface area contributed by atoms with Crippen LogP contribution in [0, 0.1) is 5.92 Å². The van der Waals surface area contributed by atoms with Gasteiger partial charge in [0.25, 0.3) is 0 Å². The van der Waals surface area contributed by atoms with Crippen molar-refractivity contribution in [2.45, 2.75) is 69.1 Å². The maximum absolute atomic E-state index is 11.5. The predicted molar refractivity (Wildman–Crippen MR) is 69.2 cm³/mol. The van der Waals surface area contributed by atoms with E-state index in [2.05, 4.69) is 10.6 Å². The van der Waals surface area contributed by atoms with Crippen molar-refractivity contribution in [2.75, 3.05) is 0 Å². The van der Waals surface area contributed by atoms with Gasteiger partial charge in [-0.1, -0.05) is 0 Å². The molecule has 2 atom stereocenters. The zero-order valence-electron chi connectivity index (χ0n) is 11.6. The van der Waals surface area contributed by atoms with Crippen molar-refractivity contribution in [3.05, 3.63) is 0 Å². The predicted octanol–water partition coefficient (Wildman–Crippen LogP) is 0.465. The van der Waals surface area contributed by atoms with Gasteiger partial charge >= 0.3 is 0 Å². The summed E-state index contributed by atoms with van der Waals surface area (Å²) in [4.78, 5) is 23.0.